The largest absolute Gasteiger partial charge is 0.362 e. The van der Waals surface area contributed by atoms with Crippen LogP contribution < -0.4 is 10.6 Å². The highest BCUT2D eigenvalue weighted by Gasteiger charge is 2.34. The molecule has 1 fully saturated rings. The quantitative estimate of drug-likeness (QED) is 0.750. The maximum Gasteiger partial charge on any atom is 0.263 e. The predicted molar refractivity (Wildman–Crippen MR) is 92.7 cm³/mol. The van der Waals surface area contributed by atoms with Gasteiger partial charge in [0.1, 0.15) is 10.7 Å². The summed E-state index contributed by atoms with van der Waals surface area (Å²) in [6, 6.07) is 5.52. The van der Waals surface area contributed by atoms with E-state index in [4.69, 9.17) is 4.74 Å². The normalized spacial score (nSPS) is 24.2. The summed E-state index contributed by atoms with van der Waals surface area (Å²) in [6.45, 7) is 2.55. The lowest BCUT2D eigenvalue weighted by molar-refractivity contribution is -0.110. The highest BCUT2D eigenvalue weighted by atomic mass is 32.1. The lowest BCUT2D eigenvalue weighted by Gasteiger charge is -2.24. The molecule has 124 valence electrons. The van der Waals surface area contributed by atoms with Crippen LogP contribution in [0.25, 0.3) is 11.6 Å². The number of nitrogens with one attached hydrogen (secondary N) is 3. The number of fused-ring (bicyclic) bond motifs is 1. The van der Waals surface area contributed by atoms with Crippen molar-refractivity contribution in [1.29, 1.82) is 0 Å². The molecule has 0 bridgehead atoms. The Labute approximate surface area is 142 Å². The Morgan fingerprint density at radius 2 is 2.38 bits per heavy atom. The molecule has 0 spiro atoms. The van der Waals surface area contributed by atoms with Crippen molar-refractivity contribution in [2.24, 2.45) is 0 Å². The van der Waals surface area contributed by atoms with Crippen LogP contribution in [0.5, 0.6) is 0 Å². The lowest BCUT2D eigenvalue weighted by atomic mass is 10.1. The van der Waals surface area contributed by atoms with E-state index in [1.165, 1.54) is 11.3 Å². The van der Waals surface area contributed by atoms with Gasteiger partial charge in [-0.1, -0.05) is 0 Å². The minimum atomic E-state index is -0.600. The van der Waals surface area contributed by atoms with Crippen LogP contribution in [0.15, 0.2) is 24.4 Å². The number of hydrogen-bond donors (Lipinski definition) is 3. The molecule has 2 aromatic heterocycles. The van der Waals surface area contributed by atoms with E-state index in [2.05, 4.69) is 15.6 Å². The van der Waals surface area contributed by atoms with E-state index in [0.29, 0.717) is 22.1 Å². The van der Waals surface area contributed by atoms with Gasteiger partial charge in [-0.25, -0.2) is 0 Å². The van der Waals surface area contributed by atoms with Gasteiger partial charge in [0.05, 0.1) is 10.5 Å². The van der Waals surface area contributed by atoms with Gasteiger partial charge < -0.3 is 20.4 Å². The second-order valence-corrected chi connectivity index (χ2v) is 7.18. The minimum Gasteiger partial charge on any atom is -0.362 e. The van der Waals surface area contributed by atoms with Gasteiger partial charge in [-0.2, -0.15) is 0 Å². The zero-order valence-corrected chi connectivity index (χ0v) is 14.0. The van der Waals surface area contributed by atoms with E-state index >= 15 is 0 Å². The molecular weight excluding hydrogens is 326 g/mol. The van der Waals surface area contributed by atoms with E-state index in [0.717, 1.165) is 24.1 Å². The number of carbonyl (C=O) groups excluding carboxylic acids is 2. The standard InChI is InChI=1S/C17H17N3O3S/c1-17(5-3-7-23-17)20-15(22)13-9-12-11(8-10-4-2-6-18-10)14(21)19-16(12)24-13/h2,4,6,8-9,18H,3,5,7H2,1H3,(H,19,21)(H,20,22)/b11-8+/t17-/m0/s1. The van der Waals surface area contributed by atoms with E-state index < -0.39 is 5.72 Å². The van der Waals surface area contributed by atoms with Crippen molar-refractivity contribution in [2.45, 2.75) is 25.5 Å². The maximum absolute atomic E-state index is 12.5. The molecule has 1 saturated heterocycles. The van der Waals surface area contributed by atoms with Gasteiger partial charge in [-0.15, -0.1) is 11.3 Å². The third-order valence-electron chi connectivity index (χ3n) is 4.24. The van der Waals surface area contributed by atoms with Crippen LogP contribution >= 0.6 is 11.3 Å². The summed E-state index contributed by atoms with van der Waals surface area (Å²) in [6.07, 6.45) is 5.33. The van der Waals surface area contributed by atoms with Crippen molar-refractivity contribution in [2.75, 3.05) is 11.9 Å². The Balaban J connectivity index is 1.60. The van der Waals surface area contributed by atoms with Crippen LogP contribution in [0.2, 0.25) is 0 Å². The first-order valence-electron chi connectivity index (χ1n) is 7.81. The summed E-state index contributed by atoms with van der Waals surface area (Å²) in [4.78, 5) is 28.2. The molecular formula is C17H17N3O3S. The topological polar surface area (TPSA) is 83.2 Å². The molecule has 24 heavy (non-hydrogen) atoms. The van der Waals surface area contributed by atoms with Gasteiger partial charge in [0.2, 0.25) is 0 Å². The van der Waals surface area contributed by atoms with Gasteiger partial charge in [0.15, 0.2) is 0 Å². The van der Waals surface area contributed by atoms with Crippen LogP contribution in [0.4, 0.5) is 5.00 Å². The van der Waals surface area contributed by atoms with Crippen molar-refractivity contribution >= 4 is 39.8 Å². The summed E-state index contributed by atoms with van der Waals surface area (Å²) in [7, 11) is 0. The molecule has 4 heterocycles. The van der Waals surface area contributed by atoms with Crippen LogP contribution in [-0.2, 0) is 9.53 Å². The molecule has 7 heteroatoms. The molecule has 0 aliphatic carbocycles. The molecule has 2 amide bonds. The Bertz CT molecular complexity index is 829. The molecule has 0 saturated carbocycles. The van der Waals surface area contributed by atoms with Gasteiger partial charge in [0, 0.05) is 24.1 Å². The van der Waals surface area contributed by atoms with E-state index in [9.17, 15) is 9.59 Å². The Morgan fingerprint density at radius 1 is 1.50 bits per heavy atom. The molecule has 3 N–H and O–H groups in total. The Hall–Kier alpha value is -2.38. The minimum absolute atomic E-state index is 0.149. The summed E-state index contributed by atoms with van der Waals surface area (Å²) in [5.74, 6) is -0.323. The number of carbonyl (C=O) groups is 2. The summed E-state index contributed by atoms with van der Waals surface area (Å²) in [5, 5.41) is 6.48. The van der Waals surface area contributed by atoms with Gasteiger partial charge in [-0.05, 0) is 44.0 Å². The maximum atomic E-state index is 12.5. The monoisotopic (exact) mass is 343 g/mol. The van der Waals surface area contributed by atoms with Crippen LogP contribution in [0, 0.1) is 0 Å². The number of ether oxygens (including phenoxy) is 1. The fourth-order valence-electron chi connectivity index (χ4n) is 3.00. The number of hydrogen-bond acceptors (Lipinski definition) is 4. The molecule has 6 nitrogen and oxygen atoms in total. The highest BCUT2D eigenvalue weighted by Crippen LogP contribution is 2.40. The highest BCUT2D eigenvalue weighted by molar-refractivity contribution is 7.18. The van der Waals surface area contributed by atoms with E-state index in [1.807, 2.05) is 19.1 Å². The molecule has 1 atom stereocenters. The Kier molecular flexibility index (Phi) is 3.54. The fraction of sp³-hybridized carbons (Fsp3) is 0.294. The number of thiophene rings is 1. The molecule has 4 rings (SSSR count). The van der Waals surface area contributed by atoms with Crippen LogP contribution in [0.1, 0.15) is 40.7 Å². The fourth-order valence-corrected chi connectivity index (χ4v) is 3.96. The zero-order valence-electron chi connectivity index (χ0n) is 13.1. The van der Waals surface area contributed by atoms with Crippen molar-refractivity contribution in [1.82, 2.24) is 10.3 Å². The van der Waals surface area contributed by atoms with Gasteiger partial charge in [-0.3, -0.25) is 9.59 Å². The first-order chi connectivity index (χ1) is 11.5. The number of H-pyrrole nitrogens is 1. The second kappa shape index (κ2) is 5.61. The van der Waals surface area contributed by atoms with Gasteiger partial charge >= 0.3 is 0 Å². The zero-order chi connectivity index (χ0) is 16.7. The smallest absolute Gasteiger partial charge is 0.263 e. The lowest BCUT2D eigenvalue weighted by Crippen LogP contribution is -2.45. The molecule has 0 radical (unpaired) electrons. The first-order valence-corrected chi connectivity index (χ1v) is 8.63. The number of rotatable bonds is 3. The van der Waals surface area contributed by atoms with E-state index in [1.54, 1.807) is 18.3 Å². The average Bonchev–Trinajstić information content (AvgIpc) is 3.27. The molecule has 0 aromatic carbocycles. The second-order valence-electron chi connectivity index (χ2n) is 6.13. The van der Waals surface area contributed by atoms with Gasteiger partial charge in [0.25, 0.3) is 11.8 Å². The van der Waals surface area contributed by atoms with Crippen molar-refractivity contribution in [3.05, 3.63) is 40.5 Å². The summed E-state index contributed by atoms with van der Waals surface area (Å²) >= 11 is 1.28. The van der Waals surface area contributed by atoms with Crippen molar-refractivity contribution in [3.63, 3.8) is 0 Å². The number of aromatic nitrogens is 1. The third kappa shape index (κ3) is 2.65. The predicted octanol–water partition coefficient (Wildman–Crippen LogP) is 2.83. The SMILES string of the molecule is C[C@@]1(NC(=O)c2cc3c(s2)NC(=O)/C3=C/c2ccc[nH]2)CCCO1. The molecule has 2 aliphatic heterocycles. The number of anilines is 1. The van der Waals surface area contributed by atoms with Crippen molar-refractivity contribution < 1.29 is 14.3 Å². The van der Waals surface area contributed by atoms with Crippen LogP contribution in [-0.4, -0.2) is 29.1 Å². The third-order valence-corrected chi connectivity index (χ3v) is 5.29. The molecule has 2 aromatic rings. The summed E-state index contributed by atoms with van der Waals surface area (Å²) in [5.41, 5.74) is 1.57. The summed E-state index contributed by atoms with van der Waals surface area (Å²) < 4.78 is 5.61. The van der Waals surface area contributed by atoms with Crippen molar-refractivity contribution in [3.8, 4) is 0 Å². The number of aromatic amines is 1. The number of amides is 2. The molecule has 0 unspecified atom stereocenters. The Morgan fingerprint density at radius 3 is 3.08 bits per heavy atom. The molecule has 2 aliphatic rings. The van der Waals surface area contributed by atoms with E-state index in [-0.39, 0.29) is 11.8 Å². The first kappa shape index (κ1) is 15.2. The van der Waals surface area contributed by atoms with Crippen LogP contribution in [0.3, 0.4) is 0 Å². The average molecular weight is 343 g/mol.